The maximum atomic E-state index is 12.0. The van der Waals surface area contributed by atoms with E-state index in [9.17, 15) is 4.79 Å². The molecule has 0 fully saturated rings. The molecular formula is C14H16Cl2N4O. The maximum absolute atomic E-state index is 12.0. The van der Waals surface area contributed by atoms with Crippen LogP contribution in [-0.4, -0.2) is 15.6 Å². The minimum Gasteiger partial charge on any atom is -0.318 e. The summed E-state index contributed by atoms with van der Waals surface area (Å²) in [4.78, 5) is 16.3. The van der Waals surface area contributed by atoms with Gasteiger partial charge in [-0.3, -0.25) is 5.32 Å². The Labute approximate surface area is 133 Å². The summed E-state index contributed by atoms with van der Waals surface area (Å²) in [6.07, 6.45) is 1.63. The lowest BCUT2D eigenvalue weighted by Gasteiger charge is -2.10. The number of anilines is 2. The molecule has 0 saturated heterocycles. The Morgan fingerprint density at radius 1 is 1.24 bits per heavy atom. The van der Waals surface area contributed by atoms with Crippen LogP contribution < -0.4 is 10.6 Å². The number of carbonyl (C=O) groups excluding carboxylic acids is 1. The van der Waals surface area contributed by atoms with Crippen molar-refractivity contribution in [1.29, 1.82) is 0 Å². The Balaban J connectivity index is 2.06. The van der Waals surface area contributed by atoms with Crippen LogP contribution in [0, 0.1) is 0 Å². The van der Waals surface area contributed by atoms with E-state index in [0.717, 1.165) is 5.82 Å². The zero-order valence-electron chi connectivity index (χ0n) is 11.9. The monoisotopic (exact) mass is 326 g/mol. The highest BCUT2D eigenvalue weighted by atomic mass is 35.5. The third-order valence-corrected chi connectivity index (χ3v) is 3.70. The van der Waals surface area contributed by atoms with Crippen molar-refractivity contribution in [2.24, 2.45) is 7.05 Å². The molecule has 1 aromatic heterocycles. The van der Waals surface area contributed by atoms with E-state index < -0.39 is 0 Å². The molecule has 2 N–H and O–H groups in total. The predicted octanol–water partition coefficient (Wildman–Crippen LogP) is 4.49. The Kier molecular flexibility index (Phi) is 4.75. The highest BCUT2D eigenvalue weighted by molar-refractivity contribution is 6.42. The Bertz CT molecular complexity index is 667. The van der Waals surface area contributed by atoms with Crippen LogP contribution in [0.4, 0.5) is 16.3 Å². The second-order valence-corrected chi connectivity index (χ2v) is 5.74. The molecule has 0 aliphatic rings. The molecule has 7 heteroatoms. The molecule has 0 spiro atoms. The fraction of sp³-hybridized carbons (Fsp3) is 0.286. The van der Waals surface area contributed by atoms with Crippen LogP contribution in [0.2, 0.25) is 10.0 Å². The quantitative estimate of drug-likeness (QED) is 0.872. The number of benzene rings is 1. The normalized spacial score (nSPS) is 10.8. The van der Waals surface area contributed by atoms with Gasteiger partial charge in [-0.25, -0.2) is 9.78 Å². The highest BCUT2D eigenvalue weighted by Crippen LogP contribution is 2.25. The van der Waals surface area contributed by atoms with Crippen LogP contribution in [0.3, 0.4) is 0 Å². The average Bonchev–Trinajstić information content (AvgIpc) is 2.75. The summed E-state index contributed by atoms with van der Waals surface area (Å²) in [5, 5.41) is 6.26. The summed E-state index contributed by atoms with van der Waals surface area (Å²) < 4.78 is 1.85. The third kappa shape index (κ3) is 3.68. The summed E-state index contributed by atoms with van der Waals surface area (Å²) in [5.41, 5.74) is 0.563. The summed E-state index contributed by atoms with van der Waals surface area (Å²) in [6.45, 7) is 4.09. The molecule has 2 rings (SSSR count). The van der Waals surface area contributed by atoms with E-state index in [1.807, 2.05) is 25.5 Å². The molecule has 0 aliphatic carbocycles. The number of hydrogen-bond donors (Lipinski definition) is 2. The van der Waals surface area contributed by atoms with E-state index in [-0.39, 0.29) is 11.9 Å². The minimum atomic E-state index is -0.369. The molecule has 0 unspecified atom stereocenters. The van der Waals surface area contributed by atoms with Crippen LogP contribution in [0.5, 0.6) is 0 Å². The number of urea groups is 1. The number of amides is 2. The maximum Gasteiger partial charge on any atom is 0.324 e. The minimum absolute atomic E-state index is 0.281. The molecule has 112 valence electrons. The zero-order chi connectivity index (χ0) is 15.6. The van der Waals surface area contributed by atoms with E-state index in [1.54, 1.807) is 24.4 Å². The second kappa shape index (κ2) is 6.37. The SMILES string of the molecule is CC(C)c1ncc(NC(=O)Nc2ccc(Cl)c(Cl)c2)n1C. The summed E-state index contributed by atoms with van der Waals surface area (Å²) in [6, 6.07) is 4.52. The lowest BCUT2D eigenvalue weighted by molar-refractivity contribution is 0.262. The first kappa shape index (κ1) is 15.7. The van der Waals surface area contributed by atoms with Gasteiger partial charge in [0.25, 0.3) is 0 Å². The van der Waals surface area contributed by atoms with Gasteiger partial charge in [0.05, 0.1) is 16.2 Å². The van der Waals surface area contributed by atoms with Gasteiger partial charge in [-0.2, -0.15) is 0 Å². The first-order chi connectivity index (χ1) is 9.88. The molecule has 2 amide bonds. The van der Waals surface area contributed by atoms with E-state index in [4.69, 9.17) is 23.2 Å². The van der Waals surface area contributed by atoms with Gasteiger partial charge < -0.3 is 9.88 Å². The van der Waals surface area contributed by atoms with Crippen molar-refractivity contribution in [3.8, 4) is 0 Å². The third-order valence-electron chi connectivity index (χ3n) is 2.96. The smallest absolute Gasteiger partial charge is 0.318 e. The van der Waals surface area contributed by atoms with Crippen LogP contribution >= 0.6 is 23.2 Å². The molecule has 0 atom stereocenters. The number of imidazole rings is 1. The number of aromatic nitrogens is 2. The number of nitrogens with one attached hydrogen (secondary N) is 2. The Hall–Kier alpha value is -1.72. The standard InChI is InChI=1S/C14H16Cl2N4O/c1-8(2)13-17-7-12(20(13)3)19-14(21)18-9-4-5-10(15)11(16)6-9/h4-8H,1-3H3,(H2,18,19,21). The molecule has 0 radical (unpaired) electrons. The van der Waals surface area contributed by atoms with Crippen LogP contribution in [0.25, 0.3) is 0 Å². The van der Waals surface area contributed by atoms with Crippen molar-refractivity contribution >= 4 is 40.7 Å². The molecule has 21 heavy (non-hydrogen) atoms. The fourth-order valence-electron chi connectivity index (χ4n) is 1.93. The van der Waals surface area contributed by atoms with Crippen LogP contribution in [0.15, 0.2) is 24.4 Å². The van der Waals surface area contributed by atoms with E-state index in [2.05, 4.69) is 15.6 Å². The average molecular weight is 327 g/mol. The lowest BCUT2D eigenvalue weighted by Crippen LogP contribution is -2.21. The van der Waals surface area contributed by atoms with Gasteiger partial charge in [0.2, 0.25) is 0 Å². The Morgan fingerprint density at radius 3 is 2.52 bits per heavy atom. The predicted molar refractivity (Wildman–Crippen MR) is 86.4 cm³/mol. The highest BCUT2D eigenvalue weighted by Gasteiger charge is 2.12. The summed E-state index contributed by atoms with van der Waals surface area (Å²) >= 11 is 11.7. The molecule has 2 aromatic rings. The van der Waals surface area contributed by atoms with Gasteiger partial charge in [0, 0.05) is 18.7 Å². The number of nitrogens with zero attached hydrogens (tertiary/aromatic N) is 2. The molecule has 0 saturated carbocycles. The molecular weight excluding hydrogens is 311 g/mol. The first-order valence-corrected chi connectivity index (χ1v) is 7.18. The van der Waals surface area contributed by atoms with Crippen molar-refractivity contribution in [3.05, 3.63) is 40.3 Å². The van der Waals surface area contributed by atoms with Gasteiger partial charge in [0.15, 0.2) is 0 Å². The molecule has 0 aliphatic heterocycles. The van der Waals surface area contributed by atoms with Crippen LogP contribution in [-0.2, 0) is 7.05 Å². The lowest BCUT2D eigenvalue weighted by atomic mass is 10.2. The summed E-state index contributed by atoms with van der Waals surface area (Å²) in [7, 11) is 1.86. The van der Waals surface area contributed by atoms with Crippen molar-refractivity contribution in [2.75, 3.05) is 10.6 Å². The van der Waals surface area contributed by atoms with E-state index >= 15 is 0 Å². The molecule has 5 nitrogen and oxygen atoms in total. The van der Waals surface area contributed by atoms with Gasteiger partial charge in [-0.15, -0.1) is 0 Å². The molecule has 1 aromatic carbocycles. The fourth-order valence-corrected chi connectivity index (χ4v) is 2.23. The van der Waals surface area contributed by atoms with Gasteiger partial charge >= 0.3 is 6.03 Å². The number of rotatable bonds is 3. The molecule has 1 heterocycles. The van der Waals surface area contributed by atoms with Gasteiger partial charge in [-0.05, 0) is 18.2 Å². The summed E-state index contributed by atoms with van der Waals surface area (Å²) in [5.74, 6) is 1.81. The number of hydrogen-bond acceptors (Lipinski definition) is 2. The van der Waals surface area contributed by atoms with E-state index in [1.165, 1.54) is 0 Å². The van der Waals surface area contributed by atoms with Crippen molar-refractivity contribution in [1.82, 2.24) is 9.55 Å². The van der Waals surface area contributed by atoms with Crippen molar-refractivity contribution < 1.29 is 4.79 Å². The van der Waals surface area contributed by atoms with Crippen molar-refractivity contribution in [2.45, 2.75) is 19.8 Å². The largest absolute Gasteiger partial charge is 0.324 e. The number of carbonyl (C=O) groups is 1. The van der Waals surface area contributed by atoms with Gasteiger partial charge in [0.1, 0.15) is 11.6 Å². The zero-order valence-corrected chi connectivity index (χ0v) is 13.5. The molecule has 0 bridgehead atoms. The number of halogens is 2. The second-order valence-electron chi connectivity index (χ2n) is 4.92. The van der Waals surface area contributed by atoms with Gasteiger partial charge in [-0.1, -0.05) is 37.0 Å². The topological polar surface area (TPSA) is 59.0 Å². The van der Waals surface area contributed by atoms with Crippen LogP contribution in [0.1, 0.15) is 25.6 Å². The first-order valence-electron chi connectivity index (χ1n) is 6.43. The Morgan fingerprint density at radius 2 is 1.95 bits per heavy atom. The van der Waals surface area contributed by atoms with E-state index in [0.29, 0.717) is 21.6 Å². The van der Waals surface area contributed by atoms with Crippen molar-refractivity contribution in [3.63, 3.8) is 0 Å².